The molecule has 0 aliphatic rings. The average Bonchev–Trinajstić information content (AvgIpc) is 2.10. The maximum atomic E-state index is 12.0. The molecule has 0 rings (SSSR count). The van der Waals surface area contributed by atoms with E-state index in [1.807, 2.05) is 0 Å². The van der Waals surface area contributed by atoms with E-state index < -0.39 is 28.5 Å². The van der Waals surface area contributed by atoms with Crippen molar-refractivity contribution in [1.82, 2.24) is 4.72 Å². The van der Waals surface area contributed by atoms with Gasteiger partial charge in [-0.3, -0.25) is 0 Å². The zero-order chi connectivity index (χ0) is 13.7. The molecule has 0 bridgehead atoms. The summed E-state index contributed by atoms with van der Waals surface area (Å²) in [5, 5.41) is 8.76. The van der Waals surface area contributed by atoms with Crippen molar-refractivity contribution in [2.24, 2.45) is 9.90 Å². The molecule has 17 heavy (non-hydrogen) atoms. The van der Waals surface area contributed by atoms with E-state index in [9.17, 15) is 26.3 Å². The number of aliphatic imine (C=N–C) groups is 1. The van der Waals surface area contributed by atoms with Crippen LogP contribution in [0.3, 0.4) is 0 Å². The van der Waals surface area contributed by atoms with Crippen LogP contribution < -0.4 is 4.72 Å². The van der Waals surface area contributed by atoms with E-state index in [1.165, 1.54) is 0 Å². The van der Waals surface area contributed by atoms with Crippen molar-refractivity contribution < 1.29 is 31.3 Å². The van der Waals surface area contributed by atoms with Gasteiger partial charge in [-0.1, -0.05) is 0 Å². The van der Waals surface area contributed by atoms with Gasteiger partial charge in [-0.15, -0.1) is 0 Å². The van der Waals surface area contributed by atoms with Crippen LogP contribution in [0, 0.1) is 0 Å². The van der Waals surface area contributed by atoms with Gasteiger partial charge in [0.2, 0.25) is 0 Å². The Hall–Kier alpha value is -1.23. The Kier molecular flexibility index (Phi) is 5.48. The van der Waals surface area contributed by atoms with Crippen LogP contribution in [-0.4, -0.2) is 45.2 Å². The van der Waals surface area contributed by atoms with Crippen LogP contribution in [0.5, 0.6) is 0 Å². The maximum absolute atomic E-state index is 12.0. The molecule has 7 nitrogen and oxygen atoms in total. The molecule has 0 heterocycles. The first kappa shape index (κ1) is 15.8. The van der Waals surface area contributed by atoms with Crippen LogP contribution in [0.15, 0.2) is 9.90 Å². The van der Waals surface area contributed by atoms with Crippen LogP contribution in [0.1, 0.15) is 0 Å². The minimum absolute atomic E-state index is 0.0967. The quantitative estimate of drug-likeness (QED) is 0.388. The number of guanidine groups is 1. The van der Waals surface area contributed by atoms with Gasteiger partial charge >= 0.3 is 94.6 Å². The Balaban J connectivity index is 5.15. The number of hydrogen-bond acceptors (Lipinski definition) is 5. The predicted octanol–water partition coefficient (Wildman–Crippen LogP) is -1.03. The third-order valence-electron chi connectivity index (χ3n) is 1.10. The average molecular weight is 271 g/mol. The number of sulfonamides is 1. The van der Waals surface area contributed by atoms with E-state index in [0.29, 0.717) is 6.11 Å². The van der Waals surface area contributed by atoms with E-state index in [-0.39, 0.29) is 7.15 Å². The summed E-state index contributed by atoms with van der Waals surface area (Å²) in [6.45, 7) is 1.05. The number of nitrogens with one attached hydrogen (secondary N) is 1. The van der Waals surface area contributed by atoms with E-state index in [4.69, 9.17) is 5.02 Å². The first-order chi connectivity index (χ1) is 7.60. The monoisotopic (exact) mass is 271 g/mol. The molecular formula is C4H6B2F3N3O4S. The van der Waals surface area contributed by atoms with Gasteiger partial charge in [-0.2, -0.15) is 0 Å². The molecule has 0 aliphatic heterocycles. The van der Waals surface area contributed by atoms with Gasteiger partial charge in [-0.25, -0.2) is 0 Å². The van der Waals surface area contributed by atoms with Gasteiger partial charge in [0.05, 0.1) is 0 Å². The second-order valence-corrected chi connectivity index (χ2v) is 4.22. The van der Waals surface area contributed by atoms with Crippen LogP contribution >= 0.6 is 0 Å². The summed E-state index contributed by atoms with van der Waals surface area (Å²) in [4.78, 5) is 6.03. The molecule has 0 atom stereocenters. The molecular weight excluding hydrogens is 265 g/mol. The molecule has 0 saturated carbocycles. The first-order valence-corrected chi connectivity index (χ1v) is 5.41. The Bertz CT molecular complexity index is 432. The van der Waals surface area contributed by atoms with Crippen molar-refractivity contribution in [1.29, 1.82) is 0 Å². The topological polar surface area (TPSA) is 108 Å². The van der Waals surface area contributed by atoms with Crippen molar-refractivity contribution in [3.05, 3.63) is 0 Å². The summed E-state index contributed by atoms with van der Waals surface area (Å²) in [7, 11) is -7.09. The van der Waals surface area contributed by atoms with Crippen molar-refractivity contribution in [2.45, 2.75) is 12.3 Å². The van der Waals surface area contributed by atoms with Gasteiger partial charge in [0, 0.05) is 0 Å². The van der Waals surface area contributed by atoms with Gasteiger partial charge in [0.1, 0.15) is 0 Å². The number of rotatable bonds is 3. The second kappa shape index (κ2) is 5.91. The van der Waals surface area contributed by atoms with E-state index in [2.05, 4.69) is 9.90 Å². The third-order valence-corrected chi connectivity index (χ3v) is 2.16. The molecule has 0 amide bonds. The molecule has 2 N–H and O–H groups in total. The Morgan fingerprint density at radius 2 is 2.06 bits per heavy atom. The molecule has 13 heteroatoms. The molecule has 0 spiro atoms. The molecule has 0 fully saturated rings. The summed E-state index contributed by atoms with van der Waals surface area (Å²) in [5.74, 6) is -1.05. The third kappa shape index (κ3) is 5.58. The molecule has 0 aliphatic carbocycles. The zero-order valence-electron chi connectivity index (χ0n) is 8.34. The van der Waals surface area contributed by atoms with Gasteiger partial charge in [0.15, 0.2) is 0 Å². The van der Waals surface area contributed by atoms with Gasteiger partial charge in [0.25, 0.3) is 0 Å². The second-order valence-electron chi connectivity index (χ2n) is 2.55. The van der Waals surface area contributed by atoms with Gasteiger partial charge in [-0.05, 0) is 0 Å². The number of alkyl halides is 3. The summed E-state index contributed by atoms with van der Waals surface area (Å²) in [6.07, 6.45) is 0.472. The SMILES string of the molecule is CB(O)N=C(N=CB=O)NS(=O)(=O)C(F)(F)F. The molecule has 0 unspecified atom stereocenters. The summed E-state index contributed by atoms with van der Waals surface area (Å²) in [6, 6.07) is 0. The van der Waals surface area contributed by atoms with Crippen molar-refractivity contribution in [2.75, 3.05) is 0 Å². The fraction of sp³-hybridized carbons (Fsp3) is 0.500. The molecule has 0 aromatic carbocycles. The molecule has 94 valence electrons. The fourth-order valence-corrected chi connectivity index (χ4v) is 1.00. The first-order valence-electron chi connectivity index (χ1n) is 3.93. The van der Waals surface area contributed by atoms with Crippen molar-refractivity contribution in [3.8, 4) is 0 Å². The summed E-state index contributed by atoms with van der Waals surface area (Å²) >= 11 is 0. The molecule has 0 aromatic rings. The van der Waals surface area contributed by atoms with Gasteiger partial charge < -0.3 is 0 Å². The summed E-state index contributed by atoms with van der Waals surface area (Å²) < 4.78 is 68.1. The van der Waals surface area contributed by atoms with Crippen molar-refractivity contribution >= 4 is 36.3 Å². The predicted molar refractivity (Wildman–Crippen MR) is 54.3 cm³/mol. The van der Waals surface area contributed by atoms with E-state index >= 15 is 0 Å². The van der Waals surface area contributed by atoms with Crippen molar-refractivity contribution in [3.63, 3.8) is 0 Å². The number of halogens is 3. The number of nitrogens with zero attached hydrogens (tertiary/aromatic N) is 2. The Morgan fingerprint density at radius 1 is 1.53 bits per heavy atom. The van der Waals surface area contributed by atoms with E-state index in [1.54, 1.807) is 0 Å². The molecule has 0 saturated heterocycles. The van der Waals surface area contributed by atoms with Crippen LogP contribution in [0.2, 0.25) is 6.82 Å². The molecule has 0 aromatic heterocycles. The normalized spacial score (nSPS) is 13.6. The summed E-state index contributed by atoms with van der Waals surface area (Å²) in [5.41, 5.74) is -5.55. The standard InChI is InChI=1S/C4H6B2F3N3O4S/c1-6(14)11-3(10-2-5-13)12-17(15,16)4(7,8)9/h2,14H,1H3,(H,11,12). The number of hydrogen-bond donors (Lipinski definition) is 2. The van der Waals surface area contributed by atoms with Crippen LogP contribution in [-0.2, 0) is 14.7 Å². The van der Waals surface area contributed by atoms with E-state index in [0.717, 1.165) is 11.5 Å². The zero-order valence-corrected chi connectivity index (χ0v) is 9.16. The van der Waals surface area contributed by atoms with Crippen LogP contribution in [0.25, 0.3) is 0 Å². The van der Waals surface area contributed by atoms with Crippen LogP contribution in [0.4, 0.5) is 13.2 Å². The molecule has 0 radical (unpaired) electrons. The fourth-order valence-electron chi connectivity index (χ4n) is 0.542. The Morgan fingerprint density at radius 3 is 2.41 bits per heavy atom. The minimum atomic E-state index is -5.69. The Labute approximate surface area is 95.3 Å².